The molecule has 0 saturated carbocycles. The SMILES string of the molecule is CCCCOc1cccc(-n2cnnn2)c1. The van der Waals surface area contributed by atoms with E-state index in [0.29, 0.717) is 0 Å². The van der Waals surface area contributed by atoms with Crippen LogP contribution in [0.1, 0.15) is 19.8 Å². The maximum Gasteiger partial charge on any atom is 0.143 e. The van der Waals surface area contributed by atoms with Gasteiger partial charge in [0.2, 0.25) is 0 Å². The van der Waals surface area contributed by atoms with E-state index in [-0.39, 0.29) is 0 Å². The molecular formula is C11H14N4O. The van der Waals surface area contributed by atoms with Crippen molar-refractivity contribution in [3.8, 4) is 11.4 Å². The molecule has 1 heterocycles. The van der Waals surface area contributed by atoms with Crippen molar-refractivity contribution in [1.82, 2.24) is 20.2 Å². The highest BCUT2D eigenvalue weighted by Gasteiger charge is 1.99. The van der Waals surface area contributed by atoms with Crippen molar-refractivity contribution in [1.29, 1.82) is 0 Å². The minimum atomic E-state index is 0.746. The number of aromatic nitrogens is 4. The second-order valence-electron chi connectivity index (χ2n) is 3.45. The van der Waals surface area contributed by atoms with E-state index in [1.54, 1.807) is 11.0 Å². The molecule has 2 rings (SSSR count). The number of nitrogens with zero attached hydrogens (tertiary/aromatic N) is 4. The Balaban J connectivity index is 2.08. The van der Waals surface area contributed by atoms with Crippen molar-refractivity contribution in [3.63, 3.8) is 0 Å². The first-order valence-corrected chi connectivity index (χ1v) is 5.36. The molecule has 5 heteroatoms. The molecule has 0 unspecified atom stereocenters. The average molecular weight is 218 g/mol. The molecule has 5 nitrogen and oxygen atoms in total. The first-order chi connectivity index (χ1) is 7.90. The monoisotopic (exact) mass is 218 g/mol. The third kappa shape index (κ3) is 2.56. The predicted octanol–water partition coefficient (Wildman–Crippen LogP) is 1.84. The number of hydrogen-bond donors (Lipinski definition) is 0. The van der Waals surface area contributed by atoms with E-state index in [2.05, 4.69) is 22.4 Å². The van der Waals surface area contributed by atoms with Crippen LogP contribution in [0, 0.1) is 0 Å². The normalized spacial score (nSPS) is 10.3. The minimum absolute atomic E-state index is 0.746. The summed E-state index contributed by atoms with van der Waals surface area (Å²) < 4.78 is 7.21. The molecule has 0 radical (unpaired) electrons. The van der Waals surface area contributed by atoms with Gasteiger partial charge in [0, 0.05) is 6.07 Å². The van der Waals surface area contributed by atoms with Crippen LogP contribution in [0.3, 0.4) is 0 Å². The lowest BCUT2D eigenvalue weighted by molar-refractivity contribution is 0.309. The van der Waals surface area contributed by atoms with Crippen LogP contribution in [0.15, 0.2) is 30.6 Å². The van der Waals surface area contributed by atoms with Crippen molar-refractivity contribution in [3.05, 3.63) is 30.6 Å². The summed E-state index contributed by atoms with van der Waals surface area (Å²) in [5.74, 6) is 0.849. The van der Waals surface area contributed by atoms with Crippen LogP contribution in [0.5, 0.6) is 5.75 Å². The minimum Gasteiger partial charge on any atom is -0.494 e. The molecule has 0 atom stereocenters. The van der Waals surface area contributed by atoms with Gasteiger partial charge in [-0.05, 0) is 29.0 Å². The third-order valence-corrected chi connectivity index (χ3v) is 2.20. The summed E-state index contributed by atoms with van der Waals surface area (Å²) >= 11 is 0. The first kappa shape index (κ1) is 10.6. The van der Waals surface area contributed by atoms with Gasteiger partial charge in [-0.3, -0.25) is 0 Å². The first-order valence-electron chi connectivity index (χ1n) is 5.36. The Hall–Kier alpha value is -1.91. The Bertz CT molecular complexity index is 427. The lowest BCUT2D eigenvalue weighted by Gasteiger charge is -2.06. The van der Waals surface area contributed by atoms with Gasteiger partial charge in [-0.25, -0.2) is 4.68 Å². The van der Waals surface area contributed by atoms with E-state index in [0.717, 1.165) is 30.9 Å². The second kappa shape index (κ2) is 5.25. The highest BCUT2D eigenvalue weighted by Crippen LogP contribution is 2.15. The van der Waals surface area contributed by atoms with E-state index in [9.17, 15) is 0 Å². The van der Waals surface area contributed by atoms with Crippen LogP contribution >= 0.6 is 0 Å². The lowest BCUT2D eigenvalue weighted by Crippen LogP contribution is -1.99. The summed E-state index contributed by atoms with van der Waals surface area (Å²) in [5.41, 5.74) is 0.902. The standard InChI is InChI=1S/C11H14N4O/c1-2-3-7-16-11-6-4-5-10(8-11)15-9-12-13-14-15/h4-6,8-9H,2-3,7H2,1H3. The van der Waals surface area contributed by atoms with Gasteiger partial charge in [0.25, 0.3) is 0 Å². The van der Waals surface area contributed by atoms with Gasteiger partial charge in [0.1, 0.15) is 12.1 Å². The number of ether oxygens (including phenoxy) is 1. The molecule has 2 aromatic rings. The molecule has 0 aliphatic carbocycles. The Morgan fingerprint density at radius 1 is 1.38 bits per heavy atom. The van der Waals surface area contributed by atoms with E-state index in [4.69, 9.17) is 4.74 Å². The molecule has 84 valence electrons. The zero-order valence-corrected chi connectivity index (χ0v) is 9.21. The third-order valence-electron chi connectivity index (χ3n) is 2.20. The molecule has 0 aliphatic rings. The molecule has 1 aromatic carbocycles. The Morgan fingerprint density at radius 3 is 3.06 bits per heavy atom. The van der Waals surface area contributed by atoms with Gasteiger partial charge in [0.15, 0.2) is 0 Å². The van der Waals surface area contributed by atoms with Gasteiger partial charge in [0.05, 0.1) is 12.3 Å². The van der Waals surface area contributed by atoms with Crippen LogP contribution in [-0.2, 0) is 0 Å². The Morgan fingerprint density at radius 2 is 2.31 bits per heavy atom. The summed E-state index contributed by atoms with van der Waals surface area (Å²) in [6, 6.07) is 7.72. The van der Waals surface area contributed by atoms with Crippen LogP contribution < -0.4 is 4.74 Å². The van der Waals surface area contributed by atoms with Gasteiger partial charge in [-0.15, -0.1) is 5.10 Å². The van der Waals surface area contributed by atoms with Gasteiger partial charge in [-0.1, -0.05) is 19.4 Å². The largest absolute Gasteiger partial charge is 0.494 e. The van der Waals surface area contributed by atoms with Gasteiger partial charge >= 0.3 is 0 Å². The summed E-state index contributed by atoms with van der Waals surface area (Å²) in [4.78, 5) is 0. The highest BCUT2D eigenvalue weighted by atomic mass is 16.5. The van der Waals surface area contributed by atoms with Gasteiger partial charge in [-0.2, -0.15) is 0 Å². The number of unbranched alkanes of at least 4 members (excludes halogenated alkanes) is 1. The number of hydrogen-bond acceptors (Lipinski definition) is 4. The summed E-state index contributed by atoms with van der Waals surface area (Å²) in [6.45, 7) is 2.89. The molecule has 0 aliphatic heterocycles. The molecule has 0 amide bonds. The van der Waals surface area contributed by atoms with E-state index in [1.807, 2.05) is 24.3 Å². The zero-order valence-electron chi connectivity index (χ0n) is 9.21. The molecule has 0 bridgehead atoms. The molecular weight excluding hydrogens is 204 g/mol. The smallest absolute Gasteiger partial charge is 0.143 e. The van der Waals surface area contributed by atoms with Crippen LogP contribution in [-0.4, -0.2) is 26.8 Å². The summed E-state index contributed by atoms with van der Waals surface area (Å²) in [5, 5.41) is 11.0. The van der Waals surface area contributed by atoms with E-state index in [1.165, 1.54) is 0 Å². The van der Waals surface area contributed by atoms with Crippen LogP contribution in [0.2, 0.25) is 0 Å². The van der Waals surface area contributed by atoms with Crippen LogP contribution in [0.4, 0.5) is 0 Å². The quantitative estimate of drug-likeness (QED) is 0.718. The van der Waals surface area contributed by atoms with Crippen molar-refractivity contribution in [2.24, 2.45) is 0 Å². The summed E-state index contributed by atoms with van der Waals surface area (Å²) in [7, 11) is 0. The maximum absolute atomic E-state index is 5.60. The van der Waals surface area contributed by atoms with Crippen molar-refractivity contribution >= 4 is 0 Å². The summed E-state index contributed by atoms with van der Waals surface area (Å²) in [6.07, 6.45) is 3.76. The molecule has 0 saturated heterocycles. The second-order valence-corrected chi connectivity index (χ2v) is 3.45. The Kier molecular flexibility index (Phi) is 3.48. The number of benzene rings is 1. The topological polar surface area (TPSA) is 52.8 Å². The van der Waals surface area contributed by atoms with E-state index >= 15 is 0 Å². The average Bonchev–Trinajstić information content (AvgIpc) is 2.83. The fourth-order valence-electron chi connectivity index (χ4n) is 1.33. The number of rotatable bonds is 5. The molecule has 0 spiro atoms. The predicted molar refractivity (Wildman–Crippen MR) is 59.6 cm³/mol. The lowest BCUT2D eigenvalue weighted by atomic mass is 10.3. The van der Waals surface area contributed by atoms with Gasteiger partial charge < -0.3 is 4.74 Å². The van der Waals surface area contributed by atoms with Crippen molar-refractivity contribution < 1.29 is 4.74 Å². The van der Waals surface area contributed by atoms with E-state index < -0.39 is 0 Å². The molecule has 0 N–H and O–H groups in total. The number of tetrazole rings is 1. The van der Waals surface area contributed by atoms with Crippen molar-refractivity contribution in [2.75, 3.05) is 6.61 Å². The molecule has 1 aromatic heterocycles. The fourth-order valence-corrected chi connectivity index (χ4v) is 1.33. The maximum atomic E-state index is 5.60. The molecule has 16 heavy (non-hydrogen) atoms. The highest BCUT2D eigenvalue weighted by molar-refractivity contribution is 5.37. The fraction of sp³-hybridized carbons (Fsp3) is 0.364. The Labute approximate surface area is 94.0 Å². The van der Waals surface area contributed by atoms with Crippen molar-refractivity contribution in [2.45, 2.75) is 19.8 Å². The van der Waals surface area contributed by atoms with Crippen LogP contribution in [0.25, 0.3) is 5.69 Å². The zero-order chi connectivity index (χ0) is 11.2. The molecule has 0 fully saturated rings.